The van der Waals surface area contributed by atoms with Gasteiger partial charge in [-0.05, 0) is 61.8 Å². The Bertz CT molecular complexity index is 1190. The molecule has 3 aromatic carbocycles. The molecule has 8 heteroatoms. The van der Waals surface area contributed by atoms with Crippen molar-refractivity contribution < 1.29 is 22.7 Å². The number of likely N-dealkylation sites (tertiary alicyclic amines) is 1. The number of nitrogens with one attached hydrogen (secondary N) is 1. The zero-order valence-corrected chi connectivity index (χ0v) is 20.6. The van der Waals surface area contributed by atoms with Crippen LogP contribution in [0.1, 0.15) is 52.4 Å². The Morgan fingerprint density at radius 1 is 1.08 bits per heavy atom. The molecule has 1 aliphatic rings. The molecule has 0 bridgehead atoms. The number of nitrogens with zero attached hydrogens (tertiary/aromatic N) is 1. The molecule has 36 heavy (non-hydrogen) atoms. The summed E-state index contributed by atoms with van der Waals surface area (Å²) in [5.74, 6) is -0.00292. The van der Waals surface area contributed by atoms with Crippen molar-refractivity contribution in [3.63, 3.8) is 0 Å². The van der Waals surface area contributed by atoms with E-state index >= 15 is 0 Å². The molecule has 1 saturated heterocycles. The van der Waals surface area contributed by atoms with Gasteiger partial charge in [-0.2, -0.15) is 13.2 Å². The molecule has 1 N–H and O–H groups in total. The number of ether oxygens (including phenoxy) is 1. The van der Waals surface area contributed by atoms with E-state index in [4.69, 9.17) is 16.3 Å². The van der Waals surface area contributed by atoms with Crippen molar-refractivity contribution in [3.05, 3.63) is 100 Å². The van der Waals surface area contributed by atoms with E-state index in [0.29, 0.717) is 12.4 Å². The third kappa shape index (κ3) is 6.20. The van der Waals surface area contributed by atoms with Gasteiger partial charge in [-0.3, -0.25) is 4.79 Å². The highest BCUT2D eigenvalue weighted by atomic mass is 35.5. The van der Waals surface area contributed by atoms with Crippen molar-refractivity contribution in [2.45, 2.75) is 44.1 Å². The van der Waals surface area contributed by atoms with Crippen molar-refractivity contribution in [1.82, 2.24) is 10.2 Å². The highest BCUT2D eigenvalue weighted by molar-refractivity contribution is 6.34. The highest BCUT2D eigenvalue weighted by Crippen LogP contribution is 2.37. The summed E-state index contributed by atoms with van der Waals surface area (Å²) in [5.41, 5.74) is 0.612. The van der Waals surface area contributed by atoms with E-state index in [1.165, 1.54) is 12.1 Å². The summed E-state index contributed by atoms with van der Waals surface area (Å²) >= 11 is 6.05. The van der Waals surface area contributed by atoms with Gasteiger partial charge in [0.05, 0.1) is 22.2 Å². The lowest BCUT2D eigenvalue weighted by Crippen LogP contribution is -2.47. The summed E-state index contributed by atoms with van der Waals surface area (Å²) in [6, 6.07) is 20.1. The number of carbonyl (C=O) groups is 1. The molecule has 1 heterocycles. The lowest BCUT2D eigenvalue weighted by molar-refractivity contribution is -0.137. The van der Waals surface area contributed by atoms with Crippen LogP contribution in [0, 0.1) is 0 Å². The fourth-order valence-electron chi connectivity index (χ4n) is 4.61. The van der Waals surface area contributed by atoms with Crippen LogP contribution in [0.25, 0.3) is 0 Å². The molecule has 1 unspecified atom stereocenters. The van der Waals surface area contributed by atoms with Crippen molar-refractivity contribution >= 4 is 17.5 Å². The predicted molar refractivity (Wildman–Crippen MR) is 134 cm³/mol. The molecule has 4 rings (SSSR count). The SMILES string of the molecule is CN1CCCC[C@H]1C(NC(=O)c1cccc(C(F)(F)F)c1Cl)c1cccc(OCc2ccccc2)c1. The first-order chi connectivity index (χ1) is 17.2. The van der Waals surface area contributed by atoms with Gasteiger partial charge in [0.1, 0.15) is 12.4 Å². The van der Waals surface area contributed by atoms with Crippen LogP contribution in [-0.4, -0.2) is 30.4 Å². The average Bonchev–Trinajstić information content (AvgIpc) is 2.87. The minimum absolute atomic E-state index is 0.0309. The van der Waals surface area contributed by atoms with Crippen LogP contribution in [0.3, 0.4) is 0 Å². The summed E-state index contributed by atoms with van der Waals surface area (Å²) < 4.78 is 46.1. The van der Waals surface area contributed by atoms with E-state index in [0.717, 1.165) is 43.0 Å². The minimum atomic E-state index is -4.65. The maximum Gasteiger partial charge on any atom is 0.417 e. The summed E-state index contributed by atoms with van der Waals surface area (Å²) in [7, 11) is 2.00. The number of alkyl halides is 3. The molecule has 190 valence electrons. The van der Waals surface area contributed by atoms with Crippen LogP contribution in [-0.2, 0) is 12.8 Å². The molecule has 0 radical (unpaired) electrons. The summed E-state index contributed by atoms with van der Waals surface area (Å²) in [6.07, 6.45) is -1.77. The Balaban J connectivity index is 1.61. The van der Waals surface area contributed by atoms with E-state index in [2.05, 4.69) is 10.2 Å². The van der Waals surface area contributed by atoms with E-state index < -0.39 is 28.7 Å². The molecule has 1 amide bonds. The monoisotopic (exact) mass is 516 g/mol. The van der Waals surface area contributed by atoms with Crippen LogP contribution < -0.4 is 10.1 Å². The van der Waals surface area contributed by atoms with Crippen molar-refractivity contribution in [2.75, 3.05) is 13.6 Å². The van der Waals surface area contributed by atoms with E-state index in [9.17, 15) is 18.0 Å². The minimum Gasteiger partial charge on any atom is -0.489 e. The fourth-order valence-corrected chi connectivity index (χ4v) is 4.93. The summed E-state index contributed by atoms with van der Waals surface area (Å²) in [6.45, 7) is 1.26. The van der Waals surface area contributed by atoms with Gasteiger partial charge in [0.15, 0.2) is 0 Å². The topological polar surface area (TPSA) is 41.6 Å². The van der Waals surface area contributed by atoms with Crippen LogP contribution in [0.2, 0.25) is 5.02 Å². The Labute approximate surface area is 214 Å². The van der Waals surface area contributed by atoms with Crippen molar-refractivity contribution in [3.8, 4) is 5.75 Å². The quantitative estimate of drug-likeness (QED) is 0.371. The number of likely N-dealkylation sites (N-methyl/N-ethyl adjacent to an activating group) is 1. The van der Waals surface area contributed by atoms with Crippen molar-refractivity contribution in [2.24, 2.45) is 0 Å². The molecule has 0 spiro atoms. The zero-order chi connectivity index (χ0) is 25.7. The summed E-state index contributed by atoms with van der Waals surface area (Å²) in [5, 5.41) is 2.38. The smallest absolute Gasteiger partial charge is 0.417 e. The number of hydrogen-bond acceptors (Lipinski definition) is 3. The Morgan fingerprint density at radius 3 is 2.56 bits per heavy atom. The Hall–Kier alpha value is -3.03. The maximum absolute atomic E-state index is 13.4. The molecule has 1 aliphatic heterocycles. The number of rotatable bonds is 7. The molecule has 2 atom stereocenters. The molecule has 3 aromatic rings. The second-order valence-electron chi connectivity index (χ2n) is 9.01. The molecular formula is C28H28ClF3N2O2. The van der Waals surface area contributed by atoms with Gasteiger partial charge in [-0.25, -0.2) is 0 Å². The average molecular weight is 517 g/mol. The Morgan fingerprint density at radius 2 is 1.83 bits per heavy atom. The third-order valence-electron chi connectivity index (χ3n) is 6.51. The van der Waals surface area contributed by atoms with E-state index in [1.807, 2.05) is 61.6 Å². The largest absolute Gasteiger partial charge is 0.489 e. The molecule has 0 aromatic heterocycles. The number of piperidine rings is 1. The van der Waals surface area contributed by atoms with Gasteiger partial charge < -0.3 is 15.0 Å². The number of halogens is 4. The number of hydrogen-bond donors (Lipinski definition) is 1. The van der Waals surface area contributed by atoms with E-state index in [-0.39, 0.29) is 11.6 Å². The molecule has 0 saturated carbocycles. The normalized spacial score (nSPS) is 17.4. The van der Waals surface area contributed by atoms with Crippen LogP contribution in [0.5, 0.6) is 5.75 Å². The first-order valence-electron chi connectivity index (χ1n) is 11.9. The van der Waals surface area contributed by atoms with Crippen molar-refractivity contribution in [1.29, 1.82) is 0 Å². The van der Waals surface area contributed by atoms with Gasteiger partial charge in [0.2, 0.25) is 0 Å². The van der Waals surface area contributed by atoms with Gasteiger partial charge in [0, 0.05) is 6.04 Å². The second kappa shape index (κ2) is 11.4. The van der Waals surface area contributed by atoms with Gasteiger partial charge in [-0.1, -0.05) is 66.6 Å². The highest BCUT2D eigenvalue weighted by Gasteiger charge is 2.36. The van der Waals surface area contributed by atoms with Crippen LogP contribution in [0.15, 0.2) is 72.8 Å². The number of benzene rings is 3. The van der Waals surface area contributed by atoms with Crippen LogP contribution in [0.4, 0.5) is 13.2 Å². The maximum atomic E-state index is 13.4. The first-order valence-corrected chi connectivity index (χ1v) is 12.3. The molecule has 0 aliphatic carbocycles. The summed E-state index contributed by atoms with van der Waals surface area (Å²) in [4.78, 5) is 15.4. The first kappa shape index (κ1) is 26.0. The fraction of sp³-hybridized carbons (Fsp3) is 0.321. The third-order valence-corrected chi connectivity index (χ3v) is 6.92. The lowest BCUT2D eigenvalue weighted by atomic mass is 9.90. The zero-order valence-electron chi connectivity index (χ0n) is 19.9. The number of amides is 1. The Kier molecular flexibility index (Phi) is 8.21. The second-order valence-corrected chi connectivity index (χ2v) is 9.38. The predicted octanol–water partition coefficient (Wildman–Crippen LogP) is 6.89. The van der Waals surface area contributed by atoms with Gasteiger partial charge in [-0.15, -0.1) is 0 Å². The molecule has 1 fully saturated rings. The van der Waals surface area contributed by atoms with Gasteiger partial charge in [0.25, 0.3) is 5.91 Å². The standard InChI is InChI=1S/C28H28ClF3N2O2/c1-34-16-6-5-15-24(34)26(33-27(35)22-13-8-14-23(25(22)29)28(30,31)32)20-11-7-12-21(17-20)36-18-19-9-3-2-4-10-19/h2-4,7-14,17,24,26H,5-6,15-16,18H2,1H3,(H,33,35)/t24-,26?/m0/s1. The molecular weight excluding hydrogens is 489 g/mol. The van der Waals surface area contributed by atoms with E-state index in [1.54, 1.807) is 0 Å². The van der Waals surface area contributed by atoms with Crippen LogP contribution >= 0.6 is 11.6 Å². The number of carbonyl (C=O) groups excluding carboxylic acids is 1. The van der Waals surface area contributed by atoms with Gasteiger partial charge >= 0.3 is 6.18 Å². The lowest BCUT2D eigenvalue weighted by Gasteiger charge is -2.38. The molecule has 4 nitrogen and oxygen atoms in total.